The van der Waals surface area contributed by atoms with E-state index >= 15 is 0 Å². The summed E-state index contributed by atoms with van der Waals surface area (Å²) in [6, 6.07) is 22.0. The van der Waals surface area contributed by atoms with Gasteiger partial charge in [0.15, 0.2) is 11.4 Å². The summed E-state index contributed by atoms with van der Waals surface area (Å²) in [5.41, 5.74) is -0.956. The fourth-order valence-electron chi connectivity index (χ4n) is 5.44. The minimum atomic E-state index is -5.47. The molecule has 0 N–H and O–H groups in total. The van der Waals surface area contributed by atoms with E-state index in [2.05, 4.69) is 18.7 Å². The SMILES string of the molecule is Cc1ccc(-c2ccc(-c3c4nsnc4c(-c4ccc(-c5ccc(C)cc5F)cc4)c4nc(C(F)(F)F)c(C(F)(F)F)nc34)s2)cc1. The van der Waals surface area contributed by atoms with Crippen LogP contribution in [0.15, 0.2) is 78.9 Å². The lowest BCUT2D eigenvalue weighted by atomic mass is 9.95. The second kappa shape index (κ2) is 11.2. The second-order valence-corrected chi connectivity index (χ2v) is 12.5. The fraction of sp³-hybridized carbons (Fsp3) is 0.118. The van der Waals surface area contributed by atoms with Crippen LogP contribution in [0.3, 0.4) is 0 Å². The number of nitrogens with zero attached hydrogens (tertiary/aromatic N) is 4. The van der Waals surface area contributed by atoms with Gasteiger partial charge < -0.3 is 0 Å². The Hall–Kier alpha value is -4.75. The number of aryl methyl sites for hydroxylation is 2. The lowest BCUT2D eigenvalue weighted by molar-refractivity contribution is -0.167. The molecule has 3 aromatic heterocycles. The molecular weight excluding hydrogens is 662 g/mol. The van der Waals surface area contributed by atoms with Crippen LogP contribution in [-0.2, 0) is 12.4 Å². The molecule has 3 heterocycles. The average Bonchev–Trinajstić information content (AvgIpc) is 3.70. The third kappa shape index (κ3) is 5.52. The van der Waals surface area contributed by atoms with Gasteiger partial charge in [0, 0.05) is 26.4 Å². The first-order valence-electron chi connectivity index (χ1n) is 14.0. The predicted molar refractivity (Wildman–Crippen MR) is 170 cm³/mol. The highest BCUT2D eigenvalue weighted by Gasteiger charge is 2.47. The van der Waals surface area contributed by atoms with Crippen molar-refractivity contribution in [2.24, 2.45) is 0 Å². The van der Waals surface area contributed by atoms with Gasteiger partial charge in [-0.05, 0) is 54.3 Å². The summed E-state index contributed by atoms with van der Waals surface area (Å²) < 4.78 is 109. The van der Waals surface area contributed by atoms with Crippen LogP contribution in [0.25, 0.3) is 65.2 Å². The minimum Gasteiger partial charge on any atom is -0.239 e. The number of thiophene rings is 1. The zero-order valence-corrected chi connectivity index (χ0v) is 25.9. The van der Waals surface area contributed by atoms with E-state index in [0.717, 1.165) is 33.3 Å². The molecule has 0 radical (unpaired) electrons. The van der Waals surface area contributed by atoms with Crippen LogP contribution in [0, 0.1) is 19.7 Å². The highest BCUT2D eigenvalue weighted by Crippen LogP contribution is 2.47. The number of fused-ring (bicyclic) bond motifs is 2. The lowest BCUT2D eigenvalue weighted by Gasteiger charge is -2.18. The Morgan fingerprint density at radius 2 is 1.04 bits per heavy atom. The van der Waals surface area contributed by atoms with Crippen LogP contribution in [-0.4, -0.2) is 18.7 Å². The van der Waals surface area contributed by atoms with Gasteiger partial charge in [-0.3, -0.25) is 0 Å². The van der Waals surface area contributed by atoms with Crippen LogP contribution < -0.4 is 0 Å². The molecule has 7 rings (SSSR count). The van der Waals surface area contributed by atoms with Crippen LogP contribution in [0.4, 0.5) is 30.7 Å². The van der Waals surface area contributed by atoms with Crippen molar-refractivity contribution in [3.63, 3.8) is 0 Å². The van der Waals surface area contributed by atoms with Gasteiger partial charge in [0.2, 0.25) is 0 Å². The predicted octanol–water partition coefficient (Wildman–Crippen LogP) is 11.2. The zero-order chi connectivity index (χ0) is 33.2. The molecule has 0 atom stereocenters. The minimum absolute atomic E-state index is 0.0328. The average molecular weight is 681 g/mol. The van der Waals surface area contributed by atoms with Crippen molar-refractivity contribution in [1.29, 1.82) is 0 Å². The summed E-state index contributed by atoms with van der Waals surface area (Å²) >= 11 is 2.00. The number of halogens is 7. The van der Waals surface area contributed by atoms with Crippen molar-refractivity contribution in [3.05, 3.63) is 107 Å². The molecular formula is C34H19F7N4S2. The van der Waals surface area contributed by atoms with Crippen molar-refractivity contribution in [2.75, 3.05) is 0 Å². The number of hydrogen-bond donors (Lipinski definition) is 0. The molecule has 0 saturated heterocycles. The molecule has 0 fully saturated rings. The quantitative estimate of drug-likeness (QED) is 0.174. The monoisotopic (exact) mass is 680 g/mol. The number of alkyl halides is 6. The smallest absolute Gasteiger partial charge is 0.239 e. The summed E-state index contributed by atoms with van der Waals surface area (Å²) in [7, 11) is 0. The Morgan fingerprint density at radius 1 is 0.532 bits per heavy atom. The molecule has 236 valence electrons. The van der Waals surface area contributed by atoms with E-state index in [-0.39, 0.29) is 22.2 Å². The van der Waals surface area contributed by atoms with Gasteiger partial charge in [-0.2, -0.15) is 35.1 Å². The summed E-state index contributed by atoms with van der Waals surface area (Å²) in [4.78, 5) is 8.54. The number of hydrogen-bond acceptors (Lipinski definition) is 6. The van der Waals surface area contributed by atoms with Crippen molar-refractivity contribution >= 4 is 45.1 Å². The van der Waals surface area contributed by atoms with Gasteiger partial charge in [0.25, 0.3) is 0 Å². The van der Waals surface area contributed by atoms with Crippen molar-refractivity contribution in [1.82, 2.24) is 18.7 Å². The summed E-state index contributed by atoms with van der Waals surface area (Å²) in [5.74, 6) is -0.458. The van der Waals surface area contributed by atoms with Gasteiger partial charge in [-0.1, -0.05) is 66.2 Å². The maximum absolute atomic E-state index is 14.7. The number of rotatable bonds is 4. The van der Waals surface area contributed by atoms with Crippen LogP contribution >= 0.6 is 23.1 Å². The summed E-state index contributed by atoms with van der Waals surface area (Å²) in [6.07, 6.45) is -10.9. The molecule has 47 heavy (non-hydrogen) atoms. The molecule has 0 aliphatic carbocycles. The molecule has 4 aromatic carbocycles. The van der Waals surface area contributed by atoms with Gasteiger partial charge >= 0.3 is 12.4 Å². The molecule has 0 amide bonds. The fourth-order valence-corrected chi connectivity index (χ4v) is 7.06. The standard InChI is InChI=1S/C34H19F7N4S2/c1-16-3-6-19(7-4-16)23-13-14-24(46-23)26-28-27(42-31(33(36,37)38)32(43-28)34(39,40)41)25(29-30(26)45-47-44-29)20-10-8-18(9-11-20)21-12-5-17(2)15-22(21)35/h3-15H,1-2H3. The Kier molecular flexibility index (Phi) is 7.36. The number of aromatic nitrogens is 4. The normalized spacial score (nSPS) is 12.4. The Balaban J connectivity index is 1.52. The Morgan fingerprint density at radius 3 is 1.64 bits per heavy atom. The third-order valence-corrected chi connectivity index (χ3v) is 9.35. The molecule has 0 spiro atoms. The first-order chi connectivity index (χ1) is 22.3. The molecule has 0 saturated carbocycles. The van der Waals surface area contributed by atoms with Gasteiger partial charge in [0.1, 0.15) is 27.9 Å². The van der Waals surface area contributed by atoms with E-state index in [9.17, 15) is 30.7 Å². The molecule has 4 nitrogen and oxygen atoms in total. The van der Waals surface area contributed by atoms with Crippen molar-refractivity contribution < 1.29 is 30.7 Å². The van der Waals surface area contributed by atoms with Crippen molar-refractivity contribution in [2.45, 2.75) is 26.2 Å². The van der Waals surface area contributed by atoms with E-state index in [4.69, 9.17) is 0 Å². The van der Waals surface area contributed by atoms with E-state index in [1.54, 1.807) is 43.3 Å². The Labute approximate surface area is 270 Å². The van der Waals surface area contributed by atoms with Crippen LogP contribution in [0.2, 0.25) is 0 Å². The van der Waals surface area contributed by atoms with E-state index in [1.807, 2.05) is 31.2 Å². The first kappa shape index (κ1) is 30.9. The van der Waals surface area contributed by atoms with Crippen LogP contribution in [0.1, 0.15) is 22.5 Å². The van der Waals surface area contributed by atoms with Gasteiger partial charge in [-0.25, -0.2) is 14.4 Å². The van der Waals surface area contributed by atoms with E-state index in [0.29, 0.717) is 21.6 Å². The van der Waals surface area contributed by atoms with E-state index < -0.39 is 40.6 Å². The van der Waals surface area contributed by atoms with Crippen LogP contribution in [0.5, 0.6) is 0 Å². The lowest BCUT2D eigenvalue weighted by Crippen LogP contribution is -2.21. The molecule has 0 unspecified atom stereocenters. The van der Waals surface area contributed by atoms with E-state index in [1.165, 1.54) is 29.5 Å². The molecule has 13 heteroatoms. The second-order valence-electron chi connectivity index (χ2n) is 10.9. The molecule has 0 bridgehead atoms. The topological polar surface area (TPSA) is 51.6 Å². The summed E-state index contributed by atoms with van der Waals surface area (Å²) in [6.45, 7) is 3.68. The molecule has 0 aliphatic heterocycles. The molecule has 7 aromatic rings. The Bertz CT molecular complexity index is 2300. The van der Waals surface area contributed by atoms with Gasteiger partial charge in [0.05, 0.1) is 11.7 Å². The largest absolute Gasteiger partial charge is 0.435 e. The molecule has 0 aliphatic rings. The summed E-state index contributed by atoms with van der Waals surface area (Å²) in [5, 5.41) is 0. The van der Waals surface area contributed by atoms with Crippen molar-refractivity contribution in [3.8, 4) is 43.1 Å². The highest BCUT2D eigenvalue weighted by molar-refractivity contribution is 7.19. The zero-order valence-electron chi connectivity index (χ0n) is 24.3. The first-order valence-corrected chi connectivity index (χ1v) is 15.5. The maximum Gasteiger partial charge on any atom is 0.435 e. The highest BCUT2D eigenvalue weighted by atomic mass is 32.1. The number of benzene rings is 4. The third-order valence-electron chi connectivity index (χ3n) is 7.67. The van der Waals surface area contributed by atoms with Gasteiger partial charge in [-0.15, -0.1) is 11.3 Å². The maximum atomic E-state index is 14.7.